The smallest absolute Gasteiger partial charge is 0.304 e. The van der Waals surface area contributed by atoms with Crippen molar-refractivity contribution in [3.05, 3.63) is 35.4 Å². The number of ether oxygens (including phenoxy) is 1. The summed E-state index contributed by atoms with van der Waals surface area (Å²) >= 11 is 0. The van der Waals surface area contributed by atoms with Crippen molar-refractivity contribution in [3.63, 3.8) is 0 Å². The fraction of sp³-hybridized carbons (Fsp3) is 0.231. The Bertz CT molecular complexity index is 513. The minimum Gasteiger partial charge on any atom is -0.443 e. The van der Waals surface area contributed by atoms with Crippen molar-refractivity contribution in [2.24, 2.45) is 10.9 Å². The summed E-state index contributed by atoms with van der Waals surface area (Å²) in [6.07, 6.45) is 1.24. The van der Waals surface area contributed by atoms with Gasteiger partial charge in [-0.3, -0.25) is 19.4 Å². The monoisotopic (exact) mass is 245 g/mol. The second-order valence-corrected chi connectivity index (χ2v) is 3.85. The van der Waals surface area contributed by atoms with E-state index in [0.29, 0.717) is 11.1 Å². The molecule has 0 aromatic heterocycles. The Kier molecular flexibility index (Phi) is 3.32. The fourth-order valence-electron chi connectivity index (χ4n) is 1.78. The number of hydrogen-bond donors (Lipinski definition) is 0. The van der Waals surface area contributed by atoms with Crippen molar-refractivity contribution in [1.29, 1.82) is 0 Å². The lowest BCUT2D eigenvalue weighted by atomic mass is 10.1. The van der Waals surface area contributed by atoms with Crippen LogP contribution in [0.4, 0.5) is 0 Å². The molecule has 0 radical (unpaired) electrons. The van der Waals surface area contributed by atoms with E-state index < -0.39 is 11.9 Å². The quantitative estimate of drug-likeness (QED) is 0.456. The third-order valence-corrected chi connectivity index (χ3v) is 2.62. The van der Waals surface area contributed by atoms with Crippen LogP contribution in [0.15, 0.2) is 29.3 Å². The third-order valence-electron chi connectivity index (χ3n) is 2.62. The van der Waals surface area contributed by atoms with Crippen LogP contribution in [0.1, 0.15) is 27.6 Å². The number of benzene rings is 1. The molecule has 1 aromatic carbocycles. The maximum Gasteiger partial charge on any atom is 0.304 e. The number of esters is 1. The molecule has 5 heteroatoms. The molecule has 5 nitrogen and oxygen atoms in total. The van der Waals surface area contributed by atoms with Crippen LogP contribution in [0.25, 0.3) is 0 Å². The third kappa shape index (κ3) is 2.20. The lowest BCUT2D eigenvalue weighted by Gasteiger charge is -1.99. The van der Waals surface area contributed by atoms with Gasteiger partial charge >= 0.3 is 5.97 Å². The molecule has 1 aliphatic rings. The topological polar surface area (TPSA) is 72.8 Å². The van der Waals surface area contributed by atoms with Gasteiger partial charge in [0, 0.05) is 24.3 Å². The number of nitrogens with zero attached hydrogens (tertiary/aromatic N) is 1. The number of aliphatic imine (C=N–C) groups is 1. The molecule has 2 rings (SSSR count). The first-order valence-electron chi connectivity index (χ1n) is 5.42. The van der Waals surface area contributed by atoms with Gasteiger partial charge in [0.2, 0.25) is 0 Å². The highest BCUT2D eigenvalue weighted by Gasteiger charge is 2.36. The van der Waals surface area contributed by atoms with Crippen LogP contribution in [0.2, 0.25) is 0 Å². The van der Waals surface area contributed by atoms with Gasteiger partial charge in [-0.1, -0.05) is 24.3 Å². The van der Waals surface area contributed by atoms with Crippen molar-refractivity contribution in [3.8, 4) is 0 Å². The van der Waals surface area contributed by atoms with Crippen LogP contribution in [0.3, 0.4) is 0 Å². The molecule has 0 fully saturated rings. The van der Waals surface area contributed by atoms with E-state index in [-0.39, 0.29) is 18.3 Å². The largest absolute Gasteiger partial charge is 0.443 e. The van der Waals surface area contributed by atoms with Gasteiger partial charge in [-0.05, 0) is 0 Å². The predicted octanol–water partition coefficient (Wildman–Crippen LogP) is 1.27. The molecule has 0 atom stereocenters. The summed E-state index contributed by atoms with van der Waals surface area (Å²) < 4.78 is 4.59. The van der Waals surface area contributed by atoms with E-state index in [2.05, 4.69) is 9.73 Å². The molecule has 0 N–H and O–H groups in total. The van der Waals surface area contributed by atoms with Gasteiger partial charge < -0.3 is 4.74 Å². The molecular formula is C13H11NO4. The van der Waals surface area contributed by atoms with Gasteiger partial charge in [0.25, 0.3) is 0 Å². The summed E-state index contributed by atoms with van der Waals surface area (Å²) in [4.78, 5) is 38.1. The Labute approximate surface area is 103 Å². The average molecular weight is 245 g/mol. The summed E-state index contributed by atoms with van der Waals surface area (Å²) in [6, 6.07) is 6.66. The Morgan fingerprint density at radius 2 is 1.83 bits per heavy atom. The lowest BCUT2D eigenvalue weighted by Crippen LogP contribution is -2.17. The Morgan fingerprint density at radius 1 is 1.28 bits per heavy atom. The molecular weight excluding hydrogens is 234 g/mol. The minimum absolute atomic E-state index is 0.178. The first kappa shape index (κ1) is 12.2. The molecule has 1 aliphatic carbocycles. The zero-order valence-electron chi connectivity index (χ0n) is 9.75. The summed E-state index contributed by atoms with van der Waals surface area (Å²) in [6.45, 7) is 1.08. The Morgan fingerprint density at radius 3 is 2.33 bits per heavy atom. The zero-order valence-corrected chi connectivity index (χ0v) is 9.75. The number of Topliss-reactive ketones (excluding diaryl/α,β-unsaturated/α-hetero) is 2. The molecule has 0 saturated heterocycles. The molecule has 1 aromatic rings. The summed E-state index contributed by atoms with van der Waals surface area (Å²) in [5.74, 6) is -1.87. The van der Waals surface area contributed by atoms with E-state index in [9.17, 15) is 14.4 Å². The summed E-state index contributed by atoms with van der Waals surface area (Å²) in [5.41, 5.74) is 0.845. The Balaban J connectivity index is 2.11. The molecule has 92 valence electrons. The normalized spacial score (nSPS) is 15.2. The molecule has 0 heterocycles. The average Bonchev–Trinajstić information content (AvgIpc) is 2.59. The standard InChI is InChI=1S/C13H11NO4/c1-8(15)18-7-14-6-11-12(16)9-4-2-3-5-10(9)13(11)17/h2-6,11H,7H2,1H3. The SMILES string of the molecule is CC(=O)OCN=CC1C(=O)c2ccccc2C1=O. The van der Waals surface area contributed by atoms with Crippen molar-refractivity contribution < 1.29 is 19.1 Å². The number of carbonyl (C=O) groups is 3. The molecule has 0 bridgehead atoms. The van der Waals surface area contributed by atoms with E-state index in [1.807, 2.05) is 0 Å². The fourth-order valence-corrected chi connectivity index (χ4v) is 1.78. The molecule has 0 unspecified atom stereocenters. The molecule has 0 spiro atoms. The maximum absolute atomic E-state index is 11.9. The number of rotatable bonds is 3. The summed E-state index contributed by atoms with van der Waals surface area (Å²) in [7, 11) is 0. The van der Waals surface area contributed by atoms with Crippen LogP contribution in [0, 0.1) is 5.92 Å². The van der Waals surface area contributed by atoms with Crippen molar-refractivity contribution in [1.82, 2.24) is 0 Å². The number of fused-ring (bicyclic) bond motifs is 1. The molecule has 0 aliphatic heterocycles. The Hall–Kier alpha value is -2.30. The molecule has 0 saturated carbocycles. The predicted molar refractivity (Wildman–Crippen MR) is 63.7 cm³/mol. The van der Waals surface area contributed by atoms with E-state index in [4.69, 9.17) is 0 Å². The first-order valence-corrected chi connectivity index (χ1v) is 5.42. The van der Waals surface area contributed by atoms with Gasteiger partial charge in [-0.15, -0.1) is 0 Å². The maximum atomic E-state index is 11.9. The van der Waals surface area contributed by atoms with Crippen LogP contribution in [-0.4, -0.2) is 30.5 Å². The van der Waals surface area contributed by atoms with Gasteiger partial charge in [-0.2, -0.15) is 0 Å². The van der Waals surface area contributed by atoms with Crippen molar-refractivity contribution in [2.45, 2.75) is 6.92 Å². The van der Waals surface area contributed by atoms with E-state index in [1.54, 1.807) is 24.3 Å². The highest BCUT2D eigenvalue weighted by Crippen LogP contribution is 2.25. The lowest BCUT2D eigenvalue weighted by molar-refractivity contribution is -0.140. The first-order chi connectivity index (χ1) is 8.61. The van der Waals surface area contributed by atoms with E-state index in [1.165, 1.54) is 13.1 Å². The number of carbonyl (C=O) groups excluding carboxylic acids is 3. The van der Waals surface area contributed by atoms with Crippen LogP contribution in [0.5, 0.6) is 0 Å². The minimum atomic E-state index is -0.891. The molecule has 18 heavy (non-hydrogen) atoms. The highest BCUT2D eigenvalue weighted by molar-refractivity contribution is 6.33. The van der Waals surface area contributed by atoms with Gasteiger partial charge in [-0.25, -0.2) is 0 Å². The van der Waals surface area contributed by atoms with E-state index >= 15 is 0 Å². The molecule has 0 amide bonds. The second-order valence-electron chi connectivity index (χ2n) is 3.85. The van der Waals surface area contributed by atoms with Crippen LogP contribution in [-0.2, 0) is 9.53 Å². The number of ketones is 2. The van der Waals surface area contributed by atoms with Gasteiger partial charge in [0.1, 0.15) is 5.92 Å². The number of hydrogen-bond acceptors (Lipinski definition) is 5. The van der Waals surface area contributed by atoms with Crippen molar-refractivity contribution in [2.75, 3.05) is 6.73 Å². The van der Waals surface area contributed by atoms with E-state index in [0.717, 1.165) is 0 Å². The highest BCUT2D eigenvalue weighted by atomic mass is 16.5. The zero-order chi connectivity index (χ0) is 13.1. The summed E-state index contributed by atoms with van der Waals surface area (Å²) in [5, 5.41) is 0. The van der Waals surface area contributed by atoms with Crippen LogP contribution < -0.4 is 0 Å². The van der Waals surface area contributed by atoms with Gasteiger partial charge in [0.15, 0.2) is 18.3 Å². The van der Waals surface area contributed by atoms with Crippen LogP contribution >= 0.6 is 0 Å². The second kappa shape index (κ2) is 4.91. The van der Waals surface area contributed by atoms with Crippen molar-refractivity contribution >= 4 is 23.8 Å². The van der Waals surface area contributed by atoms with Gasteiger partial charge in [0.05, 0.1) is 0 Å².